The molecule has 0 radical (unpaired) electrons. The van der Waals surface area contributed by atoms with E-state index in [0.29, 0.717) is 34.3 Å². The molecule has 0 unspecified atom stereocenters. The average Bonchev–Trinajstić information content (AvgIpc) is 3.04. The standard InChI is InChI=1S/C20H17ClN4O2/c1-3-27-19(26)16-9-5-8-15-17(16)24-20(25-11-12(2)22-18(15)25)23-14-7-4-6-13(21)10-14/h4-11H,3H2,1-2H3,(H,23,24). The zero-order valence-corrected chi connectivity index (χ0v) is 15.6. The van der Waals surface area contributed by atoms with Gasteiger partial charge in [0.15, 0.2) is 0 Å². The van der Waals surface area contributed by atoms with Crippen molar-refractivity contribution in [3.63, 3.8) is 0 Å². The average molecular weight is 381 g/mol. The number of anilines is 2. The number of ether oxygens (including phenoxy) is 1. The highest BCUT2D eigenvalue weighted by atomic mass is 35.5. The van der Waals surface area contributed by atoms with Crippen molar-refractivity contribution < 1.29 is 9.53 Å². The van der Waals surface area contributed by atoms with Crippen LogP contribution in [-0.4, -0.2) is 26.9 Å². The topological polar surface area (TPSA) is 68.5 Å². The lowest BCUT2D eigenvalue weighted by atomic mass is 10.1. The van der Waals surface area contributed by atoms with Crippen molar-refractivity contribution in [3.05, 3.63) is 64.9 Å². The number of fused-ring (bicyclic) bond motifs is 3. The third-order valence-corrected chi connectivity index (χ3v) is 4.36. The lowest BCUT2D eigenvalue weighted by Gasteiger charge is -2.12. The van der Waals surface area contributed by atoms with Gasteiger partial charge >= 0.3 is 5.97 Å². The molecule has 0 fully saturated rings. The van der Waals surface area contributed by atoms with E-state index in [-0.39, 0.29) is 0 Å². The Morgan fingerprint density at radius 3 is 2.81 bits per heavy atom. The first-order valence-electron chi connectivity index (χ1n) is 8.55. The molecule has 0 aliphatic carbocycles. The Morgan fingerprint density at radius 1 is 1.22 bits per heavy atom. The van der Waals surface area contributed by atoms with Crippen LogP contribution in [0.3, 0.4) is 0 Å². The maximum absolute atomic E-state index is 12.4. The quantitative estimate of drug-likeness (QED) is 0.517. The lowest BCUT2D eigenvalue weighted by Crippen LogP contribution is -2.08. The van der Waals surface area contributed by atoms with Crippen LogP contribution in [0.25, 0.3) is 16.6 Å². The van der Waals surface area contributed by atoms with Crippen LogP contribution in [0.4, 0.5) is 11.6 Å². The Bertz CT molecular complexity index is 1170. The van der Waals surface area contributed by atoms with Crippen LogP contribution in [0, 0.1) is 6.92 Å². The molecule has 7 heteroatoms. The fraction of sp³-hybridized carbons (Fsp3) is 0.150. The molecule has 4 aromatic rings. The molecular formula is C20H17ClN4O2. The minimum absolute atomic E-state index is 0.299. The fourth-order valence-corrected chi connectivity index (χ4v) is 3.20. The fourth-order valence-electron chi connectivity index (χ4n) is 3.01. The number of hydrogen-bond acceptors (Lipinski definition) is 5. The van der Waals surface area contributed by atoms with Crippen molar-refractivity contribution in [2.45, 2.75) is 13.8 Å². The molecule has 0 amide bonds. The summed E-state index contributed by atoms with van der Waals surface area (Å²) in [5.41, 5.74) is 3.30. The summed E-state index contributed by atoms with van der Waals surface area (Å²) in [4.78, 5) is 21.7. The molecule has 0 atom stereocenters. The molecule has 0 saturated heterocycles. The number of halogens is 1. The van der Waals surface area contributed by atoms with E-state index in [0.717, 1.165) is 16.8 Å². The number of imidazole rings is 1. The van der Waals surface area contributed by atoms with E-state index in [1.54, 1.807) is 25.1 Å². The van der Waals surface area contributed by atoms with Gasteiger partial charge < -0.3 is 10.1 Å². The van der Waals surface area contributed by atoms with Gasteiger partial charge in [-0.2, -0.15) is 0 Å². The number of carbonyl (C=O) groups excluding carboxylic acids is 1. The van der Waals surface area contributed by atoms with Crippen molar-refractivity contribution in [2.75, 3.05) is 11.9 Å². The highest BCUT2D eigenvalue weighted by molar-refractivity contribution is 6.30. The molecule has 4 rings (SSSR count). The third-order valence-electron chi connectivity index (χ3n) is 4.13. The van der Waals surface area contributed by atoms with Crippen LogP contribution >= 0.6 is 11.6 Å². The van der Waals surface area contributed by atoms with E-state index < -0.39 is 5.97 Å². The van der Waals surface area contributed by atoms with Crippen LogP contribution in [-0.2, 0) is 4.74 Å². The zero-order valence-electron chi connectivity index (χ0n) is 14.9. The molecule has 0 spiro atoms. The maximum Gasteiger partial charge on any atom is 0.340 e. The van der Waals surface area contributed by atoms with E-state index in [1.165, 1.54) is 0 Å². The van der Waals surface area contributed by atoms with Gasteiger partial charge in [0.2, 0.25) is 5.95 Å². The van der Waals surface area contributed by atoms with Gasteiger partial charge in [0.25, 0.3) is 0 Å². The molecule has 0 saturated carbocycles. The summed E-state index contributed by atoms with van der Waals surface area (Å²) in [5.74, 6) is 0.133. The first kappa shape index (κ1) is 17.3. The zero-order chi connectivity index (χ0) is 19.0. The van der Waals surface area contributed by atoms with Crippen LogP contribution in [0.5, 0.6) is 0 Å². The number of nitrogens with zero attached hydrogens (tertiary/aromatic N) is 3. The Morgan fingerprint density at radius 2 is 2.04 bits per heavy atom. The molecule has 6 nitrogen and oxygen atoms in total. The van der Waals surface area contributed by atoms with E-state index in [9.17, 15) is 4.79 Å². The number of nitrogens with one attached hydrogen (secondary N) is 1. The van der Waals surface area contributed by atoms with Gasteiger partial charge in [-0.1, -0.05) is 23.7 Å². The molecule has 0 aliphatic rings. The summed E-state index contributed by atoms with van der Waals surface area (Å²) >= 11 is 6.09. The molecule has 136 valence electrons. The van der Waals surface area contributed by atoms with E-state index in [2.05, 4.69) is 10.3 Å². The van der Waals surface area contributed by atoms with E-state index in [1.807, 2.05) is 41.8 Å². The first-order chi connectivity index (χ1) is 13.1. The highest BCUT2D eigenvalue weighted by Gasteiger charge is 2.17. The van der Waals surface area contributed by atoms with Gasteiger partial charge in [-0.25, -0.2) is 14.8 Å². The van der Waals surface area contributed by atoms with Gasteiger partial charge in [0, 0.05) is 22.3 Å². The molecule has 0 aliphatic heterocycles. The van der Waals surface area contributed by atoms with Crippen molar-refractivity contribution in [3.8, 4) is 0 Å². The molecule has 2 heterocycles. The highest BCUT2D eigenvalue weighted by Crippen LogP contribution is 2.27. The molecule has 2 aromatic carbocycles. The van der Waals surface area contributed by atoms with Gasteiger partial charge in [-0.15, -0.1) is 0 Å². The van der Waals surface area contributed by atoms with Crippen LogP contribution < -0.4 is 5.32 Å². The van der Waals surface area contributed by atoms with Crippen molar-refractivity contribution in [1.29, 1.82) is 0 Å². The van der Waals surface area contributed by atoms with Gasteiger partial charge in [-0.05, 0) is 44.2 Å². The number of carbonyl (C=O) groups is 1. The number of aryl methyl sites for hydroxylation is 1. The Labute approximate surface area is 160 Å². The van der Waals surface area contributed by atoms with E-state index in [4.69, 9.17) is 21.3 Å². The smallest absolute Gasteiger partial charge is 0.340 e. The van der Waals surface area contributed by atoms with Crippen LogP contribution in [0.2, 0.25) is 5.02 Å². The minimum atomic E-state index is -0.406. The summed E-state index contributed by atoms with van der Waals surface area (Å²) in [6.45, 7) is 3.99. The largest absolute Gasteiger partial charge is 0.462 e. The minimum Gasteiger partial charge on any atom is -0.462 e. The Balaban J connectivity index is 1.96. The number of rotatable bonds is 4. The molecule has 2 aromatic heterocycles. The SMILES string of the molecule is CCOC(=O)c1cccc2c1nc(Nc1cccc(Cl)c1)n1cc(C)nc21. The number of hydrogen-bond donors (Lipinski definition) is 1. The number of aromatic nitrogens is 3. The second kappa shape index (κ2) is 6.89. The predicted octanol–water partition coefficient (Wildman–Crippen LogP) is 4.76. The number of para-hydroxylation sites is 1. The normalized spacial score (nSPS) is 11.1. The predicted molar refractivity (Wildman–Crippen MR) is 106 cm³/mol. The van der Waals surface area contributed by atoms with Crippen molar-refractivity contribution >= 4 is 45.8 Å². The molecule has 27 heavy (non-hydrogen) atoms. The van der Waals surface area contributed by atoms with Gasteiger partial charge in [-0.3, -0.25) is 4.40 Å². The second-order valence-electron chi connectivity index (χ2n) is 6.07. The first-order valence-corrected chi connectivity index (χ1v) is 8.92. The van der Waals surface area contributed by atoms with Crippen molar-refractivity contribution in [1.82, 2.24) is 14.4 Å². The molecule has 0 bridgehead atoms. The maximum atomic E-state index is 12.4. The summed E-state index contributed by atoms with van der Waals surface area (Å²) in [5, 5.41) is 4.67. The van der Waals surface area contributed by atoms with Crippen LogP contribution in [0.1, 0.15) is 23.0 Å². The molecule has 1 N–H and O–H groups in total. The summed E-state index contributed by atoms with van der Waals surface area (Å²) in [6, 6.07) is 12.8. The van der Waals surface area contributed by atoms with Gasteiger partial charge in [0.05, 0.1) is 23.4 Å². The van der Waals surface area contributed by atoms with Crippen molar-refractivity contribution in [2.24, 2.45) is 0 Å². The van der Waals surface area contributed by atoms with Crippen LogP contribution in [0.15, 0.2) is 48.7 Å². The Hall–Kier alpha value is -3.12. The summed E-state index contributed by atoms with van der Waals surface area (Å²) < 4.78 is 7.05. The Kier molecular flexibility index (Phi) is 4.41. The monoisotopic (exact) mass is 380 g/mol. The number of esters is 1. The summed E-state index contributed by atoms with van der Waals surface area (Å²) in [6.07, 6.45) is 1.89. The van der Waals surface area contributed by atoms with Gasteiger partial charge in [0.1, 0.15) is 5.65 Å². The lowest BCUT2D eigenvalue weighted by molar-refractivity contribution is 0.0528. The molecular weight excluding hydrogens is 364 g/mol. The number of benzene rings is 2. The second-order valence-corrected chi connectivity index (χ2v) is 6.51. The third kappa shape index (κ3) is 3.19. The summed E-state index contributed by atoms with van der Waals surface area (Å²) in [7, 11) is 0. The van der Waals surface area contributed by atoms with E-state index >= 15 is 0 Å².